The average molecular weight is 326 g/mol. The number of aliphatic carboxylic acids is 1. The van der Waals surface area contributed by atoms with Gasteiger partial charge in [-0.2, -0.15) is 0 Å². The van der Waals surface area contributed by atoms with E-state index in [-0.39, 0.29) is 0 Å². The van der Waals surface area contributed by atoms with Crippen molar-refractivity contribution in [2.45, 2.75) is 34.5 Å². The van der Waals surface area contributed by atoms with E-state index in [9.17, 15) is 20.1 Å². The van der Waals surface area contributed by atoms with Crippen LogP contribution in [0.25, 0.3) is 0 Å². The predicted molar refractivity (Wildman–Crippen MR) is 60.6 cm³/mol. The monoisotopic (exact) mass is 324 g/mol. The van der Waals surface area contributed by atoms with Gasteiger partial charge >= 0.3 is 5.97 Å². The SMILES string of the molecule is O=C(O)C1O[C@@H](OCC(Cl)(Cl)Cl)[C@@H](O)[C@@H](O)[C@@H]1O. The molecule has 0 spiro atoms. The molecular weight excluding hydrogens is 314 g/mol. The number of aliphatic hydroxyl groups is 3. The van der Waals surface area contributed by atoms with Gasteiger partial charge in [0, 0.05) is 0 Å². The van der Waals surface area contributed by atoms with Crippen molar-refractivity contribution in [2.75, 3.05) is 6.61 Å². The standard InChI is InChI=1S/C8H11Cl3O7/c9-8(10,11)1-17-7-4(14)2(12)3(13)5(18-7)6(15)16/h2-5,7,12-14H,1H2,(H,15,16)/t2-,3-,4-,5?,7+/m0/s1. The number of rotatable bonds is 3. The molecule has 5 atom stereocenters. The van der Waals surface area contributed by atoms with Crippen molar-refractivity contribution in [3.8, 4) is 0 Å². The number of hydrogen-bond donors (Lipinski definition) is 4. The summed E-state index contributed by atoms with van der Waals surface area (Å²) in [4.78, 5) is 10.8. The maximum atomic E-state index is 10.8. The molecule has 0 aromatic rings. The Morgan fingerprint density at radius 3 is 2.17 bits per heavy atom. The lowest BCUT2D eigenvalue weighted by Crippen LogP contribution is -2.60. The molecule has 0 bridgehead atoms. The second kappa shape index (κ2) is 6.06. The summed E-state index contributed by atoms with van der Waals surface area (Å²) in [5.41, 5.74) is 0. The van der Waals surface area contributed by atoms with Crippen molar-refractivity contribution >= 4 is 40.8 Å². The van der Waals surface area contributed by atoms with Crippen LogP contribution in [0.15, 0.2) is 0 Å². The lowest BCUT2D eigenvalue weighted by atomic mass is 9.99. The molecule has 1 aliphatic heterocycles. The van der Waals surface area contributed by atoms with Crippen molar-refractivity contribution in [2.24, 2.45) is 0 Å². The van der Waals surface area contributed by atoms with E-state index in [4.69, 9.17) is 49.4 Å². The number of carboxylic acid groups (broad SMARTS) is 1. The Bertz CT molecular complexity index is 308. The summed E-state index contributed by atoms with van der Waals surface area (Å²) in [5, 5.41) is 37.1. The predicted octanol–water partition coefficient (Wildman–Crippen LogP) is -0.735. The van der Waals surface area contributed by atoms with Gasteiger partial charge in [-0.3, -0.25) is 0 Å². The molecule has 1 fully saturated rings. The van der Waals surface area contributed by atoms with Gasteiger partial charge in [0.2, 0.25) is 3.79 Å². The molecule has 18 heavy (non-hydrogen) atoms. The summed E-state index contributed by atoms with van der Waals surface area (Å²) >= 11 is 16.2. The molecule has 1 saturated heterocycles. The minimum Gasteiger partial charge on any atom is -0.479 e. The average Bonchev–Trinajstić information content (AvgIpc) is 2.23. The Labute approximate surface area is 117 Å². The first-order chi connectivity index (χ1) is 8.13. The Balaban J connectivity index is 2.70. The topological polar surface area (TPSA) is 116 Å². The first-order valence-corrected chi connectivity index (χ1v) is 5.87. The van der Waals surface area contributed by atoms with Crippen molar-refractivity contribution < 1.29 is 34.7 Å². The fourth-order valence-electron chi connectivity index (χ4n) is 1.37. The first kappa shape index (κ1) is 16.2. The van der Waals surface area contributed by atoms with Crippen molar-refractivity contribution in [1.29, 1.82) is 0 Å². The Morgan fingerprint density at radius 2 is 1.72 bits per heavy atom. The van der Waals surface area contributed by atoms with E-state index < -0.39 is 47.1 Å². The molecule has 0 aromatic heterocycles. The smallest absolute Gasteiger partial charge is 0.335 e. The zero-order valence-corrected chi connectivity index (χ0v) is 11.0. The third kappa shape index (κ3) is 4.07. The number of halogens is 3. The van der Waals surface area contributed by atoms with Gasteiger partial charge in [-0.1, -0.05) is 34.8 Å². The minimum absolute atomic E-state index is 0.492. The van der Waals surface area contributed by atoms with E-state index in [0.29, 0.717) is 0 Å². The van der Waals surface area contributed by atoms with Crippen LogP contribution in [0.2, 0.25) is 0 Å². The van der Waals surface area contributed by atoms with Crippen LogP contribution in [0, 0.1) is 0 Å². The summed E-state index contributed by atoms with van der Waals surface area (Å²) in [6.45, 7) is -0.492. The zero-order valence-electron chi connectivity index (χ0n) is 8.74. The largest absolute Gasteiger partial charge is 0.479 e. The number of hydrogen-bond acceptors (Lipinski definition) is 6. The fraction of sp³-hybridized carbons (Fsp3) is 0.875. The number of carboxylic acids is 1. The molecule has 4 N–H and O–H groups in total. The van der Waals surface area contributed by atoms with Gasteiger partial charge in [-0.25, -0.2) is 4.79 Å². The summed E-state index contributed by atoms with van der Waals surface area (Å²) < 4.78 is 7.85. The second-order valence-electron chi connectivity index (χ2n) is 3.66. The van der Waals surface area contributed by atoms with E-state index in [1.165, 1.54) is 0 Å². The molecule has 1 heterocycles. The van der Waals surface area contributed by atoms with Gasteiger partial charge in [0.05, 0.1) is 6.61 Å². The van der Waals surface area contributed by atoms with Crippen LogP contribution in [-0.4, -0.2) is 67.5 Å². The molecule has 7 nitrogen and oxygen atoms in total. The van der Waals surface area contributed by atoms with Crippen molar-refractivity contribution in [3.63, 3.8) is 0 Å². The van der Waals surface area contributed by atoms with Gasteiger partial charge in [-0.15, -0.1) is 0 Å². The van der Waals surface area contributed by atoms with Crippen LogP contribution in [0.5, 0.6) is 0 Å². The molecule has 1 aliphatic rings. The van der Waals surface area contributed by atoms with Gasteiger partial charge in [0.1, 0.15) is 18.3 Å². The van der Waals surface area contributed by atoms with E-state index in [1.54, 1.807) is 0 Å². The van der Waals surface area contributed by atoms with Crippen LogP contribution in [0.1, 0.15) is 0 Å². The van der Waals surface area contributed by atoms with Crippen LogP contribution < -0.4 is 0 Å². The van der Waals surface area contributed by atoms with Crippen molar-refractivity contribution in [3.05, 3.63) is 0 Å². The summed E-state index contributed by atoms with van der Waals surface area (Å²) in [6, 6.07) is 0. The molecule has 0 amide bonds. The highest BCUT2D eigenvalue weighted by atomic mass is 35.6. The molecule has 0 radical (unpaired) electrons. The lowest BCUT2D eigenvalue weighted by molar-refractivity contribution is -0.293. The van der Waals surface area contributed by atoms with Gasteiger partial charge < -0.3 is 29.9 Å². The molecule has 1 rings (SSSR count). The molecular formula is C8H11Cl3O7. The minimum atomic E-state index is -1.79. The van der Waals surface area contributed by atoms with Gasteiger partial charge in [-0.05, 0) is 0 Å². The maximum absolute atomic E-state index is 10.8. The Morgan fingerprint density at radius 1 is 1.17 bits per heavy atom. The number of carbonyl (C=O) groups is 1. The third-order valence-electron chi connectivity index (χ3n) is 2.22. The Kier molecular flexibility index (Phi) is 5.45. The van der Waals surface area contributed by atoms with Crippen LogP contribution >= 0.6 is 34.8 Å². The van der Waals surface area contributed by atoms with Gasteiger partial charge in [0.15, 0.2) is 12.4 Å². The van der Waals surface area contributed by atoms with E-state index in [0.717, 1.165) is 0 Å². The summed E-state index contributed by atoms with van der Waals surface area (Å²) in [6.07, 6.45) is -8.47. The molecule has 10 heteroatoms. The van der Waals surface area contributed by atoms with Gasteiger partial charge in [0.25, 0.3) is 0 Å². The number of alkyl halides is 3. The summed E-state index contributed by atoms with van der Waals surface area (Å²) in [5.74, 6) is -1.52. The van der Waals surface area contributed by atoms with Crippen LogP contribution in [0.4, 0.5) is 0 Å². The molecule has 1 unspecified atom stereocenters. The van der Waals surface area contributed by atoms with E-state index in [1.807, 2.05) is 0 Å². The fourth-order valence-corrected chi connectivity index (χ4v) is 1.56. The maximum Gasteiger partial charge on any atom is 0.335 e. The summed E-state index contributed by atoms with van der Waals surface area (Å²) in [7, 11) is 0. The Hall–Kier alpha value is 0.140. The second-order valence-corrected chi connectivity index (χ2v) is 6.18. The van der Waals surface area contributed by atoms with Crippen molar-refractivity contribution in [1.82, 2.24) is 0 Å². The lowest BCUT2D eigenvalue weighted by Gasteiger charge is -2.38. The highest BCUT2D eigenvalue weighted by Crippen LogP contribution is 2.29. The van der Waals surface area contributed by atoms with E-state index in [2.05, 4.69) is 0 Å². The first-order valence-electron chi connectivity index (χ1n) is 4.74. The van der Waals surface area contributed by atoms with Crippen LogP contribution in [0.3, 0.4) is 0 Å². The zero-order chi connectivity index (χ0) is 14.1. The number of aliphatic hydroxyl groups excluding tert-OH is 3. The molecule has 0 aromatic carbocycles. The van der Waals surface area contributed by atoms with Crippen LogP contribution in [-0.2, 0) is 14.3 Å². The quantitative estimate of drug-likeness (QED) is 0.505. The molecule has 106 valence electrons. The molecule has 0 aliphatic carbocycles. The highest BCUT2D eigenvalue weighted by molar-refractivity contribution is 6.67. The molecule has 0 saturated carbocycles. The van der Waals surface area contributed by atoms with E-state index >= 15 is 0 Å². The number of ether oxygens (including phenoxy) is 2. The third-order valence-corrected chi connectivity index (χ3v) is 2.55. The highest BCUT2D eigenvalue weighted by Gasteiger charge is 2.47. The normalized spacial score (nSPS) is 37.6.